The summed E-state index contributed by atoms with van der Waals surface area (Å²) in [5.74, 6) is 0.893. The molecule has 1 aliphatic rings. The number of hydrogen-bond acceptors (Lipinski definition) is 7. The Hall–Kier alpha value is -4.20. The van der Waals surface area contributed by atoms with Crippen molar-refractivity contribution in [2.45, 2.75) is 12.8 Å². The van der Waals surface area contributed by atoms with Gasteiger partial charge in [-0.25, -0.2) is 0 Å². The van der Waals surface area contributed by atoms with E-state index in [0.29, 0.717) is 34.9 Å². The molecule has 0 saturated heterocycles. The summed E-state index contributed by atoms with van der Waals surface area (Å²) < 4.78 is 27.0. The molecule has 0 atom stereocenters. The first kappa shape index (κ1) is 20.7. The summed E-state index contributed by atoms with van der Waals surface area (Å²) in [7, 11) is 1.52. The lowest BCUT2D eigenvalue weighted by molar-refractivity contribution is -0.147. The molecule has 1 N–H and O–H groups in total. The van der Waals surface area contributed by atoms with Crippen molar-refractivity contribution < 1.29 is 33.0 Å². The molecular weight excluding hydrogens is 426 g/mol. The number of carbonyl (C=O) groups excluding carboxylic acids is 2. The number of furan rings is 1. The van der Waals surface area contributed by atoms with Gasteiger partial charge in [0.05, 0.1) is 12.8 Å². The highest BCUT2D eigenvalue weighted by atomic mass is 16.7. The normalized spacial score (nSPS) is 12.2. The SMILES string of the molecule is COc1cc2c(cc1NC(=O)COC(=O)CCc1ccc3c(c1)OCO3)oc1ccccc12. The number of anilines is 1. The molecule has 2 heterocycles. The van der Waals surface area contributed by atoms with E-state index < -0.39 is 18.5 Å². The van der Waals surface area contributed by atoms with Gasteiger partial charge in [-0.2, -0.15) is 0 Å². The van der Waals surface area contributed by atoms with E-state index >= 15 is 0 Å². The molecule has 0 saturated carbocycles. The minimum Gasteiger partial charge on any atom is -0.495 e. The second kappa shape index (κ2) is 8.74. The van der Waals surface area contributed by atoms with Crippen molar-refractivity contribution >= 4 is 39.5 Å². The van der Waals surface area contributed by atoms with Crippen molar-refractivity contribution in [2.75, 3.05) is 25.8 Å². The van der Waals surface area contributed by atoms with Crippen LogP contribution in [0, 0.1) is 0 Å². The van der Waals surface area contributed by atoms with E-state index in [-0.39, 0.29) is 13.2 Å². The molecule has 3 aromatic carbocycles. The van der Waals surface area contributed by atoms with E-state index in [1.165, 1.54) is 7.11 Å². The van der Waals surface area contributed by atoms with Crippen LogP contribution in [0.15, 0.2) is 59.0 Å². The van der Waals surface area contributed by atoms with Gasteiger partial charge >= 0.3 is 5.97 Å². The Morgan fingerprint density at radius 3 is 2.70 bits per heavy atom. The Morgan fingerprint density at radius 1 is 0.970 bits per heavy atom. The molecule has 33 heavy (non-hydrogen) atoms. The molecule has 168 valence electrons. The van der Waals surface area contributed by atoms with E-state index in [0.717, 1.165) is 21.9 Å². The zero-order valence-electron chi connectivity index (χ0n) is 17.9. The maximum absolute atomic E-state index is 12.4. The van der Waals surface area contributed by atoms with Crippen LogP contribution in [0.1, 0.15) is 12.0 Å². The van der Waals surface area contributed by atoms with Crippen LogP contribution in [0.25, 0.3) is 21.9 Å². The average Bonchev–Trinajstić information content (AvgIpc) is 3.44. The number of methoxy groups -OCH3 is 1. The minimum absolute atomic E-state index is 0.140. The Labute approximate surface area is 189 Å². The number of benzene rings is 3. The molecule has 1 aliphatic heterocycles. The van der Waals surface area contributed by atoms with Crippen LogP contribution in [0.2, 0.25) is 0 Å². The minimum atomic E-state index is -0.472. The lowest BCUT2D eigenvalue weighted by atomic mass is 10.1. The monoisotopic (exact) mass is 447 g/mol. The predicted octanol–water partition coefficient (Wildman–Crippen LogP) is 4.44. The fourth-order valence-corrected chi connectivity index (χ4v) is 3.77. The zero-order valence-corrected chi connectivity index (χ0v) is 17.9. The van der Waals surface area contributed by atoms with Gasteiger partial charge in [-0.1, -0.05) is 24.3 Å². The number of nitrogens with one attached hydrogen (secondary N) is 1. The van der Waals surface area contributed by atoms with Crippen molar-refractivity contribution in [3.05, 3.63) is 60.2 Å². The number of hydrogen-bond donors (Lipinski definition) is 1. The summed E-state index contributed by atoms with van der Waals surface area (Å²) >= 11 is 0. The van der Waals surface area contributed by atoms with E-state index in [1.807, 2.05) is 48.5 Å². The number of carbonyl (C=O) groups is 2. The molecule has 0 fully saturated rings. The summed E-state index contributed by atoms with van der Waals surface area (Å²) in [6, 6.07) is 16.7. The second-order valence-electron chi connectivity index (χ2n) is 7.54. The fourth-order valence-electron chi connectivity index (χ4n) is 3.77. The fraction of sp³-hybridized carbons (Fsp3) is 0.200. The highest BCUT2D eigenvalue weighted by molar-refractivity contribution is 6.07. The number of aryl methyl sites for hydroxylation is 1. The Bertz CT molecular complexity index is 1360. The van der Waals surface area contributed by atoms with E-state index in [1.54, 1.807) is 6.07 Å². The van der Waals surface area contributed by atoms with Gasteiger partial charge in [0.25, 0.3) is 5.91 Å². The van der Waals surface area contributed by atoms with Gasteiger partial charge in [0.15, 0.2) is 18.1 Å². The molecule has 0 aliphatic carbocycles. The average molecular weight is 447 g/mol. The first-order valence-corrected chi connectivity index (χ1v) is 10.4. The summed E-state index contributed by atoms with van der Waals surface area (Å²) in [5.41, 5.74) is 2.72. The molecular formula is C25H21NO7. The third kappa shape index (κ3) is 4.27. The van der Waals surface area contributed by atoms with Crippen LogP contribution >= 0.6 is 0 Å². The van der Waals surface area contributed by atoms with E-state index in [4.69, 9.17) is 23.4 Å². The van der Waals surface area contributed by atoms with Gasteiger partial charge in [-0.3, -0.25) is 9.59 Å². The number of fused-ring (bicyclic) bond motifs is 4. The van der Waals surface area contributed by atoms with Crippen LogP contribution in [-0.2, 0) is 20.7 Å². The largest absolute Gasteiger partial charge is 0.495 e. The van der Waals surface area contributed by atoms with Crippen molar-refractivity contribution in [3.8, 4) is 17.2 Å². The van der Waals surface area contributed by atoms with Crippen LogP contribution in [-0.4, -0.2) is 32.4 Å². The van der Waals surface area contributed by atoms with E-state index in [9.17, 15) is 9.59 Å². The third-order valence-electron chi connectivity index (χ3n) is 5.39. The molecule has 0 spiro atoms. The quantitative estimate of drug-likeness (QED) is 0.419. The Balaban J connectivity index is 1.19. The summed E-state index contributed by atoms with van der Waals surface area (Å²) in [4.78, 5) is 24.5. The van der Waals surface area contributed by atoms with E-state index in [2.05, 4.69) is 5.32 Å². The molecule has 0 unspecified atom stereocenters. The van der Waals surface area contributed by atoms with Crippen LogP contribution in [0.5, 0.6) is 17.2 Å². The van der Waals surface area contributed by atoms with Gasteiger partial charge < -0.3 is 28.7 Å². The number of para-hydroxylation sites is 1. The first-order valence-electron chi connectivity index (χ1n) is 10.4. The van der Waals surface area contributed by atoms with Crippen molar-refractivity contribution in [1.82, 2.24) is 0 Å². The Morgan fingerprint density at radius 2 is 1.82 bits per heavy atom. The smallest absolute Gasteiger partial charge is 0.306 e. The second-order valence-corrected chi connectivity index (χ2v) is 7.54. The summed E-state index contributed by atoms with van der Waals surface area (Å²) in [6.07, 6.45) is 0.606. The summed E-state index contributed by atoms with van der Waals surface area (Å²) in [6.45, 7) is -0.203. The maximum Gasteiger partial charge on any atom is 0.306 e. The molecule has 0 radical (unpaired) electrons. The number of ether oxygens (including phenoxy) is 4. The molecule has 8 nitrogen and oxygen atoms in total. The number of rotatable bonds is 7. The van der Waals surface area contributed by atoms with Crippen LogP contribution in [0.4, 0.5) is 5.69 Å². The highest BCUT2D eigenvalue weighted by Gasteiger charge is 2.16. The maximum atomic E-state index is 12.4. The first-order chi connectivity index (χ1) is 16.1. The van der Waals surface area contributed by atoms with Crippen molar-refractivity contribution in [2.24, 2.45) is 0 Å². The van der Waals surface area contributed by atoms with Crippen LogP contribution in [0.3, 0.4) is 0 Å². The highest BCUT2D eigenvalue weighted by Crippen LogP contribution is 2.36. The van der Waals surface area contributed by atoms with Gasteiger partial charge in [0.2, 0.25) is 6.79 Å². The lowest BCUT2D eigenvalue weighted by Gasteiger charge is -2.11. The molecule has 1 amide bonds. The molecule has 4 aromatic rings. The lowest BCUT2D eigenvalue weighted by Crippen LogP contribution is -2.21. The van der Waals surface area contributed by atoms with Gasteiger partial charge in [0, 0.05) is 23.3 Å². The number of amides is 1. The predicted molar refractivity (Wildman–Crippen MR) is 121 cm³/mol. The van der Waals surface area contributed by atoms with Crippen LogP contribution < -0.4 is 19.5 Å². The zero-order chi connectivity index (χ0) is 22.8. The van der Waals surface area contributed by atoms with Crippen molar-refractivity contribution in [3.63, 3.8) is 0 Å². The topological polar surface area (TPSA) is 96.2 Å². The molecule has 5 rings (SSSR count). The van der Waals surface area contributed by atoms with Gasteiger partial charge in [-0.05, 0) is 36.2 Å². The van der Waals surface area contributed by atoms with Crippen molar-refractivity contribution in [1.29, 1.82) is 0 Å². The summed E-state index contributed by atoms with van der Waals surface area (Å²) in [5, 5.41) is 4.57. The molecule has 1 aromatic heterocycles. The van der Waals surface area contributed by atoms with Gasteiger partial charge in [0.1, 0.15) is 16.9 Å². The van der Waals surface area contributed by atoms with Gasteiger partial charge in [-0.15, -0.1) is 0 Å². The molecule has 8 heteroatoms. The molecule has 0 bridgehead atoms. The standard InChI is InChI=1S/C25H21NO7/c1-29-22-11-17-16-4-2-3-5-19(16)33-21(17)12-18(22)26-24(27)13-30-25(28)9-7-15-6-8-20-23(10-15)32-14-31-20/h2-6,8,10-12H,7,9,13-14H2,1H3,(H,26,27). The Kier molecular flexibility index (Phi) is 5.48. The number of esters is 1. The third-order valence-corrected chi connectivity index (χ3v) is 5.39.